The lowest BCUT2D eigenvalue weighted by atomic mass is 9.82. The Kier molecular flexibility index (Phi) is 5.63. The highest BCUT2D eigenvalue weighted by atomic mass is 35.5. The summed E-state index contributed by atoms with van der Waals surface area (Å²) in [6, 6.07) is 7.75. The average Bonchev–Trinajstić information content (AvgIpc) is 3.38. The van der Waals surface area contributed by atoms with Gasteiger partial charge in [-0.25, -0.2) is 0 Å². The van der Waals surface area contributed by atoms with Crippen LogP contribution in [0.5, 0.6) is 0 Å². The van der Waals surface area contributed by atoms with Crippen molar-refractivity contribution in [3.63, 3.8) is 0 Å². The lowest BCUT2D eigenvalue weighted by Crippen LogP contribution is -2.61. The topological polar surface area (TPSA) is 38.8 Å². The van der Waals surface area contributed by atoms with E-state index in [1.807, 2.05) is 19.1 Å². The molecule has 2 aromatic carbocycles. The van der Waals surface area contributed by atoms with E-state index in [1.165, 1.54) is 0 Å². The van der Waals surface area contributed by atoms with Crippen LogP contribution in [-0.4, -0.2) is 30.1 Å². The second-order valence-corrected chi connectivity index (χ2v) is 9.97. The largest absolute Gasteiger partial charge is 0.480 e. The molecule has 5 rings (SSSR count). The van der Waals surface area contributed by atoms with Gasteiger partial charge in [0.25, 0.3) is 0 Å². The van der Waals surface area contributed by atoms with Crippen LogP contribution in [0.2, 0.25) is 15.1 Å². The first-order chi connectivity index (χ1) is 16.0. The Hall–Kier alpha value is -1.93. The average molecular weight is 533 g/mol. The maximum absolute atomic E-state index is 14.3. The molecule has 1 spiro atoms. The Morgan fingerprint density at radius 3 is 2.41 bits per heavy atom. The Bertz CT molecular complexity index is 1200. The van der Waals surface area contributed by atoms with Gasteiger partial charge in [-0.2, -0.15) is 13.2 Å². The number of rotatable bonds is 3. The number of halogens is 6. The number of nitrogens with zero attached hydrogens (tertiary/aromatic N) is 1. The number of benzene rings is 2. The fraction of sp³-hybridized carbons (Fsp3) is 0.375. The molecule has 0 bridgehead atoms. The van der Waals surface area contributed by atoms with Gasteiger partial charge in [-0.05, 0) is 40.5 Å². The standard InChI is InChI=1S/C24H19Cl3F3NO3/c1-2-20(32)31-11-22(12-31)17-4-3-13(5-14(17)9-33-22)15-8-23(34-10-15,24(28,29)30)16-6-18(25)21(27)19(26)7-16/h3-7,10H,2,8-9,11-12H2,1H3. The summed E-state index contributed by atoms with van der Waals surface area (Å²) in [5.74, 6) is 0.0680. The number of hydrogen-bond donors (Lipinski definition) is 0. The molecule has 0 aromatic heterocycles. The van der Waals surface area contributed by atoms with Crippen molar-refractivity contribution in [1.29, 1.82) is 0 Å². The van der Waals surface area contributed by atoms with Crippen molar-refractivity contribution < 1.29 is 27.4 Å². The van der Waals surface area contributed by atoms with Gasteiger partial charge >= 0.3 is 6.18 Å². The van der Waals surface area contributed by atoms with Gasteiger partial charge in [0.2, 0.25) is 11.5 Å². The molecular formula is C24H19Cl3F3NO3. The van der Waals surface area contributed by atoms with Crippen LogP contribution >= 0.6 is 34.8 Å². The number of likely N-dealkylation sites (tertiary alicyclic amines) is 1. The summed E-state index contributed by atoms with van der Waals surface area (Å²) in [5.41, 5.74) is -0.530. The van der Waals surface area contributed by atoms with Gasteiger partial charge in [0.1, 0.15) is 5.60 Å². The van der Waals surface area contributed by atoms with Crippen LogP contribution < -0.4 is 0 Å². The van der Waals surface area contributed by atoms with Crippen LogP contribution in [0, 0.1) is 0 Å². The SMILES string of the molecule is CCC(=O)N1CC2(C1)OCc1cc(C3=COC(c4cc(Cl)c(Cl)c(Cl)c4)(C(F)(F)F)C3)ccc12. The summed E-state index contributed by atoms with van der Waals surface area (Å²) < 4.78 is 54.3. The molecule has 1 unspecified atom stereocenters. The lowest BCUT2D eigenvalue weighted by molar-refractivity contribution is -0.260. The second kappa shape index (κ2) is 8.05. The molecule has 1 atom stereocenters. The van der Waals surface area contributed by atoms with Gasteiger partial charge in [-0.15, -0.1) is 0 Å². The molecule has 3 aliphatic heterocycles. The number of carbonyl (C=O) groups excluding carboxylic acids is 1. The minimum atomic E-state index is -4.74. The molecule has 0 N–H and O–H groups in total. The van der Waals surface area contributed by atoms with Crippen molar-refractivity contribution in [2.45, 2.75) is 43.8 Å². The molecule has 3 heterocycles. The van der Waals surface area contributed by atoms with E-state index in [1.54, 1.807) is 11.0 Å². The smallest absolute Gasteiger partial charge is 0.432 e. The van der Waals surface area contributed by atoms with Crippen molar-refractivity contribution in [2.24, 2.45) is 0 Å². The number of hydrogen-bond acceptors (Lipinski definition) is 3. The van der Waals surface area contributed by atoms with Gasteiger partial charge in [0.15, 0.2) is 0 Å². The first-order valence-corrected chi connectivity index (χ1v) is 11.8. The number of fused-ring (bicyclic) bond motifs is 2. The molecule has 1 amide bonds. The van der Waals surface area contributed by atoms with Crippen molar-refractivity contribution in [3.05, 3.63) is 73.9 Å². The summed E-state index contributed by atoms with van der Waals surface area (Å²) in [7, 11) is 0. The molecule has 0 aliphatic carbocycles. The molecule has 2 aromatic rings. The predicted octanol–water partition coefficient (Wildman–Crippen LogP) is 6.84. The van der Waals surface area contributed by atoms with Crippen LogP contribution in [0.3, 0.4) is 0 Å². The summed E-state index contributed by atoms with van der Waals surface area (Å²) in [6.45, 7) is 3.10. The van der Waals surface area contributed by atoms with Gasteiger partial charge < -0.3 is 14.4 Å². The van der Waals surface area contributed by atoms with Gasteiger partial charge in [-0.1, -0.05) is 53.9 Å². The van der Waals surface area contributed by atoms with Crippen LogP contribution in [-0.2, 0) is 32.1 Å². The van der Waals surface area contributed by atoms with Crippen molar-refractivity contribution in [3.8, 4) is 0 Å². The Balaban J connectivity index is 1.43. The van der Waals surface area contributed by atoms with Gasteiger partial charge in [-0.3, -0.25) is 4.79 Å². The summed E-state index contributed by atoms with van der Waals surface area (Å²) in [6.07, 6.45) is -3.62. The molecule has 10 heteroatoms. The molecule has 4 nitrogen and oxygen atoms in total. The minimum absolute atomic E-state index is 0.0154. The Morgan fingerprint density at radius 2 is 1.79 bits per heavy atom. The molecule has 0 radical (unpaired) electrons. The summed E-state index contributed by atoms with van der Waals surface area (Å²) in [4.78, 5) is 13.7. The van der Waals surface area contributed by atoms with Crippen molar-refractivity contribution >= 4 is 46.3 Å². The van der Waals surface area contributed by atoms with Gasteiger partial charge in [0, 0.05) is 18.4 Å². The zero-order chi connectivity index (χ0) is 24.5. The van der Waals surface area contributed by atoms with E-state index in [4.69, 9.17) is 44.3 Å². The quantitative estimate of drug-likeness (QED) is 0.406. The fourth-order valence-electron chi connectivity index (χ4n) is 4.87. The third-order valence-electron chi connectivity index (χ3n) is 6.77. The number of amides is 1. The van der Waals surface area contributed by atoms with Crippen LogP contribution in [0.4, 0.5) is 13.2 Å². The first kappa shape index (κ1) is 23.8. The normalized spacial score (nSPS) is 22.9. The molecular weight excluding hydrogens is 514 g/mol. The molecule has 1 fully saturated rings. The van der Waals surface area contributed by atoms with E-state index in [0.29, 0.717) is 37.3 Å². The summed E-state index contributed by atoms with van der Waals surface area (Å²) in [5, 5.41) is -0.180. The highest BCUT2D eigenvalue weighted by Crippen LogP contribution is 2.54. The van der Waals surface area contributed by atoms with Gasteiger partial charge in [0.05, 0.1) is 41.0 Å². The molecule has 1 saturated heterocycles. The minimum Gasteiger partial charge on any atom is -0.480 e. The second-order valence-electron chi connectivity index (χ2n) is 8.77. The summed E-state index contributed by atoms with van der Waals surface area (Å²) >= 11 is 18.0. The lowest BCUT2D eigenvalue weighted by Gasteiger charge is -2.47. The number of alkyl halides is 3. The third-order valence-corrected chi connectivity index (χ3v) is 7.97. The van der Waals surface area contributed by atoms with Crippen LogP contribution in [0.1, 0.15) is 42.0 Å². The first-order valence-electron chi connectivity index (χ1n) is 10.6. The van der Waals surface area contributed by atoms with E-state index >= 15 is 0 Å². The number of carbonyl (C=O) groups is 1. The highest BCUT2D eigenvalue weighted by Gasteiger charge is 2.61. The molecule has 34 heavy (non-hydrogen) atoms. The highest BCUT2D eigenvalue weighted by molar-refractivity contribution is 6.48. The van der Waals surface area contributed by atoms with E-state index in [2.05, 4.69) is 0 Å². The zero-order valence-corrected chi connectivity index (χ0v) is 20.2. The van der Waals surface area contributed by atoms with E-state index in [-0.39, 0.29) is 26.5 Å². The fourth-order valence-corrected chi connectivity index (χ4v) is 5.46. The monoisotopic (exact) mass is 531 g/mol. The molecule has 0 saturated carbocycles. The molecule has 180 valence electrons. The molecule has 3 aliphatic rings. The zero-order valence-electron chi connectivity index (χ0n) is 17.9. The van der Waals surface area contributed by atoms with Crippen molar-refractivity contribution in [2.75, 3.05) is 13.1 Å². The van der Waals surface area contributed by atoms with E-state index in [0.717, 1.165) is 29.5 Å². The van der Waals surface area contributed by atoms with E-state index in [9.17, 15) is 18.0 Å². The maximum atomic E-state index is 14.3. The Morgan fingerprint density at radius 1 is 1.12 bits per heavy atom. The van der Waals surface area contributed by atoms with Crippen LogP contribution in [0.15, 0.2) is 36.6 Å². The van der Waals surface area contributed by atoms with Crippen molar-refractivity contribution in [1.82, 2.24) is 4.90 Å². The third kappa shape index (κ3) is 3.51. The van der Waals surface area contributed by atoms with E-state index < -0.39 is 23.8 Å². The van der Waals surface area contributed by atoms with Crippen LogP contribution in [0.25, 0.3) is 5.57 Å². The maximum Gasteiger partial charge on any atom is 0.432 e. The Labute approximate surface area is 209 Å². The number of ether oxygens (including phenoxy) is 2. The predicted molar refractivity (Wildman–Crippen MR) is 123 cm³/mol.